The van der Waals surface area contributed by atoms with Gasteiger partial charge in [0.05, 0.1) is 19.3 Å². The van der Waals surface area contributed by atoms with Crippen LogP contribution in [0.5, 0.6) is 0 Å². The van der Waals surface area contributed by atoms with Gasteiger partial charge in [-0.15, -0.1) is 0 Å². The summed E-state index contributed by atoms with van der Waals surface area (Å²) >= 11 is 0. The molecule has 2 fully saturated rings. The molecule has 3 rings (SSSR count). The van der Waals surface area contributed by atoms with E-state index in [4.69, 9.17) is 9.47 Å². The van der Waals surface area contributed by atoms with Crippen molar-refractivity contribution in [1.82, 2.24) is 0 Å². The minimum atomic E-state index is -0.492. The first kappa shape index (κ1) is 15.5. The van der Waals surface area contributed by atoms with Gasteiger partial charge in [-0.3, -0.25) is 0 Å². The van der Waals surface area contributed by atoms with Gasteiger partial charge in [-0.05, 0) is 55.4 Å². The first-order valence-corrected chi connectivity index (χ1v) is 8.32. The minimum absolute atomic E-state index is 0.0301. The predicted octanol–water partition coefficient (Wildman–Crippen LogP) is 3.52. The predicted molar refractivity (Wildman–Crippen MR) is 82.8 cm³/mol. The van der Waals surface area contributed by atoms with E-state index in [0.717, 1.165) is 25.9 Å². The molecule has 4 atom stereocenters. The maximum atomic E-state index is 10.4. The van der Waals surface area contributed by atoms with E-state index >= 15 is 0 Å². The van der Waals surface area contributed by atoms with E-state index in [9.17, 15) is 5.11 Å². The van der Waals surface area contributed by atoms with Gasteiger partial charge in [-0.25, -0.2) is 0 Å². The lowest BCUT2D eigenvalue weighted by atomic mass is 9.48. The van der Waals surface area contributed by atoms with Crippen molar-refractivity contribution in [3.8, 4) is 0 Å². The van der Waals surface area contributed by atoms with E-state index in [1.807, 2.05) is 13.8 Å². The second kappa shape index (κ2) is 4.81. The lowest BCUT2D eigenvalue weighted by molar-refractivity contribution is -0.206. The van der Waals surface area contributed by atoms with Gasteiger partial charge in [0, 0.05) is 5.92 Å². The maximum absolute atomic E-state index is 10.4. The molecule has 1 saturated carbocycles. The van der Waals surface area contributed by atoms with Crippen molar-refractivity contribution in [2.45, 2.75) is 65.8 Å². The Kier molecular flexibility index (Phi) is 3.55. The summed E-state index contributed by atoms with van der Waals surface area (Å²) in [5.41, 5.74) is 1.58. The van der Waals surface area contributed by atoms with Crippen LogP contribution in [0.1, 0.15) is 53.9 Å². The fraction of sp³-hybridized carbons (Fsp3) is 0.889. The van der Waals surface area contributed by atoms with Crippen LogP contribution in [-0.4, -0.2) is 30.2 Å². The summed E-state index contributed by atoms with van der Waals surface area (Å²) in [6, 6.07) is 0. The normalized spacial score (nSPS) is 45.0. The van der Waals surface area contributed by atoms with E-state index in [1.54, 1.807) is 0 Å². The Labute approximate surface area is 128 Å². The average molecular weight is 294 g/mol. The summed E-state index contributed by atoms with van der Waals surface area (Å²) in [5, 5.41) is 10.4. The van der Waals surface area contributed by atoms with Crippen molar-refractivity contribution in [1.29, 1.82) is 0 Å². The van der Waals surface area contributed by atoms with Gasteiger partial charge in [0.15, 0.2) is 5.79 Å². The fourth-order valence-electron chi connectivity index (χ4n) is 4.94. The van der Waals surface area contributed by atoms with Crippen molar-refractivity contribution in [3.63, 3.8) is 0 Å². The van der Waals surface area contributed by atoms with Crippen LogP contribution < -0.4 is 0 Å². The van der Waals surface area contributed by atoms with Crippen molar-refractivity contribution < 1.29 is 14.6 Å². The third-order valence-corrected chi connectivity index (χ3v) is 6.55. The molecule has 120 valence electrons. The maximum Gasteiger partial charge on any atom is 0.163 e. The van der Waals surface area contributed by atoms with Gasteiger partial charge < -0.3 is 14.6 Å². The van der Waals surface area contributed by atoms with E-state index in [2.05, 4.69) is 26.8 Å². The van der Waals surface area contributed by atoms with E-state index in [1.165, 1.54) is 5.57 Å². The molecule has 4 unspecified atom stereocenters. The molecular formula is C18H30O3. The smallest absolute Gasteiger partial charge is 0.163 e. The monoisotopic (exact) mass is 294 g/mol. The standard InChI is InChI=1S/C18H30O3/c1-16(2)14-7-6-12-10-20-17(3,4)21-11-13(12)18(14,5)9-8-15(16)19/h6,13-15,19H,7-11H2,1-5H3. The molecule has 0 radical (unpaired) electrons. The van der Waals surface area contributed by atoms with Crippen LogP contribution in [0.25, 0.3) is 0 Å². The van der Waals surface area contributed by atoms with Crippen molar-refractivity contribution in [2.75, 3.05) is 13.2 Å². The molecule has 0 spiro atoms. The van der Waals surface area contributed by atoms with Gasteiger partial charge >= 0.3 is 0 Å². The van der Waals surface area contributed by atoms with Gasteiger partial charge in [0.25, 0.3) is 0 Å². The number of fused-ring (bicyclic) bond motifs is 3. The first-order chi connectivity index (χ1) is 9.67. The molecule has 0 aromatic rings. The summed E-state index contributed by atoms with van der Waals surface area (Å²) in [6.07, 6.45) is 5.20. The molecule has 1 heterocycles. The molecule has 1 N–H and O–H groups in total. The molecule has 0 amide bonds. The molecule has 3 aliphatic rings. The average Bonchev–Trinajstić information content (AvgIpc) is 2.55. The molecule has 0 aromatic heterocycles. The fourth-order valence-corrected chi connectivity index (χ4v) is 4.94. The number of aliphatic hydroxyl groups excluding tert-OH is 1. The van der Waals surface area contributed by atoms with E-state index in [-0.39, 0.29) is 16.9 Å². The summed E-state index contributed by atoms with van der Waals surface area (Å²) in [7, 11) is 0. The Morgan fingerprint density at radius 2 is 1.86 bits per heavy atom. The Morgan fingerprint density at radius 3 is 2.57 bits per heavy atom. The highest BCUT2D eigenvalue weighted by atomic mass is 16.7. The molecule has 3 heteroatoms. The highest BCUT2D eigenvalue weighted by molar-refractivity contribution is 5.22. The van der Waals surface area contributed by atoms with Crippen LogP contribution in [0, 0.1) is 22.7 Å². The quantitative estimate of drug-likeness (QED) is 0.695. The second-order valence-corrected chi connectivity index (χ2v) is 8.50. The lowest BCUT2D eigenvalue weighted by Gasteiger charge is -2.58. The van der Waals surface area contributed by atoms with Crippen molar-refractivity contribution in [2.24, 2.45) is 22.7 Å². The Bertz CT molecular complexity index is 451. The molecule has 1 aliphatic heterocycles. The van der Waals surface area contributed by atoms with Crippen LogP contribution in [0.3, 0.4) is 0 Å². The zero-order valence-corrected chi connectivity index (χ0v) is 14.1. The van der Waals surface area contributed by atoms with E-state index < -0.39 is 5.79 Å². The Balaban J connectivity index is 1.95. The van der Waals surface area contributed by atoms with Gasteiger partial charge in [-0.2, -0.15) is 0 Å². The number of hydrogen-bond donors (Lipinski definition) is 1. The Morgan fingerprint density at radius 1 is 1.14 bits per heavy atom. The van der Waals surface area contributed by atoms with Gasteiger partial charge in [-0.1, -0.05) is 26.8 Å². The summed E-state index contributed by atoms with van der Waals surface area (Å²) in [6.45, 7) is 12.3. The zero-order chi connectivity index (χ0) is 15.5. The van der Waals surface area contributed by atoms with Crippen LogP contribution >= 0.6 is 0 Å². The van der Waals surface area contributed by atoms with Crippen molar-refractivity contribution >= 4 is 0 Å². The number of allylic oxidation sites excluding steroid dienone is 1. The van der Waals surface area contributed by atoms with Crippen LogP contribution in [-0.2, 0) is 9.47 Å². The summed E-state index contributed by atoms with van der Waals surface area (Å²) in [4.78, 5) is 0. The Hall–Kier alpha value is -0.380. The molecular weight excluding hydrogens is 264 g/mol. The first-order valence-electron chi connectivity index (χ1n) is 8.32. The third kappa shape index (κ3) is 2.38. The molecule has 21 heavy (non-hydrogen) atoms. The van der Waals surface area contributed by atoms with Crippen LogP contribution in [0.2, 0.25) is 0 Å². The summed E-state index contributed by atoms with van der Waals surface area (Å²) < 4.78 is 12.0. The zero-order valence-electron chi connectivity index (χ0n) is 14.1. The number of hydrogen-bond acceptors (Lipinski definition) is 3. The largest absolute Gasteiger partial charge is 0.393 e. The van der Waals surface area contributed by atoms with Crippen LogP contribution in [0.4, 0.5) is 0 Å². The van der Waals surface area contributed by atoms with Gasteiger partial charge in [0.1, 0.15) is 0 Å². The van der Waals surface area contributed by atoms with Crippen LogP contribution in [0.15, 0.2) is 11.6 Å². The highest BCUT2D eigenvalue weighted by Crippen LogP contribution is 2.60. The summed E-state index contributed by atoms with van der Waals surface area (Å²) in [5.74, 6) is 0.436. The second-order valence-electron chi connectivity index (χ2n) is 8.50. The van der Waals surface area contributed by atoms with Gasteiger partial charge in [0.2, 0.25) is 0 Å². The molecule has 3 nitrogen and oxygen atoms in total. The topological polar surface area (TPSA) is 38.7 Å². The SMILES string of the molecule is CC1(C)OCC2=CCC3C(C)(C)C(O)CCC3(C)C2CO1. The lowest BCUT2D eigenvalue weighted by Crippen LogP contribution is -2.55. The third-order valence-electron chi connectivity index (χ3n) is 6.55. The molecule has 2 aliphatic carbocycles. The van der Waals surface area contributed by atoms with Crippen molar-refractivity contribution in [3.05, 3.63) is 11.6 Å². The van der Waals surface area contributed by atoms with E-state index in [0.29, 0.717) is 18.4 Å². The molecule has 1 saturated heterocycles. The number of rotatable bonds is 0. The molecule has 0 bridgehead atoms. The number of aliphatic hydroxyl groups is 1. The highest BCUT2D eigenvalue weighted by Gasteiger charge is 2.56. The minimum Gasteiger partial charge on any atom is -0.393 e. The molecule has 0 aromatic carbocycles. The number of ether oxygens (including phenoxy) is 2.